The molecule has 1 aliphatic rings. The van der Waals surface area contributed by atoms with E-state index < -0.39 is 0 Å². The SMILES string of the molecule is CCOC(=O)C(C)C1CC(c2ccc(C(C)(C)C)cc2)C1. The molecule has 0 amide bonds. The van der Waals surface area contributed by atoms with Crippen LogP contribution in [0.1, 0.15) is 64.5 Å². The van der Waals surface area contributed by atoms with Crippen molar-refractivity contribution in [3.8, 4) is 0 Å². The van der Waals surface area contributed by atoms with Gasteiger partial charge in [0.05, 0.1) is 12.5 Å². The van der Waals surface area contributed by atoms with Gasteiger partial charge in [0.25, 0.3) is 0 Å². The molecule has 2 nitrogen and oxygen atoms in total. The third kappa shape index (κ3) is 3.66. The van der Waals surface area contributed by atoms with Gasteiger partial charge in [-0.25, -0.2) is 0 Å². The number of hydrogen-bond acceptors (Lipinski definition) is 2. The van der Waals surface area contributed by atoms with Crippen LogP contribution in [0.3, 0.4) is 0 Å². The Balaban J connectivity index is 1.91. The highest BCUT2D eigenvalue weighted by Gasteiger charge is 2.37. The molecule has 2 rings (SSSR count). The number of carbonyl (C=O) groups excluding carboxylic acids is 1. The zero-order valence-electron chi connectivity index (χ0n) is 14.0. The van der Waals surface area contributed by atoms with Crippen LogP contribution in [0.25, 0.3) is 0 Å². The molecule has 0 bridgehead atoms. The minimum atomic E-state index is -0.0379. The van der Waals surface area contributed by atoms with Crippen LogP contribution in [-0.2, 0) is 14.9 Å². The van der Waals surface area contributed by atoms with Gasteiger partial charge in [0.2, 0.25) is 0 Å². The minimum absolute atomic E-state index is 0.0371. The topological polar surface area (TPSA) is 26.3 Å². The Bertz CT molecular complexity index is 475. The normalized spacial score (nSPS) is 23.3. The predicted octanol–water partition coefficient (Wildman–Crippen LogP) is 4.68. The summed E-state index contributed by atoms with van der Waals surface area (Å²) in [6, 6.07) is 9.02. The van der Waals surface area contributed by atoms with Gasteiger partial charge in [0, 0.05) is 0 Å². The van der Waals surface area contributed by atoms with Crippen LogP contribution >= 0.6 is 0 Å². The number of hydrogen-bond donors (Lipinski definition) is 0. The summed E-state index contributed by atoms with van der Waals surface area (Å²) in [5.41, 5.74) is 3.00. The van der Waals surface area contributed by atoms with Gasteiger partial charge in [-0.1, -0.05) is 52.0 Å². The average Bonchev–Trinajstić information content (AvgIpc) is 2.36. The molecule has 1 saturated carbocycles. The van der Waals surface area contributed by atoms with Gasteiger partial charge in [-0.3, -0.25) is 4.79 Å². The molecule has 2 heteroatoms. The van der Waals surface area contributed by atoms with Crippen LogP contribution in [0.5, 0.6) is 0 Å². The molecule has 0 aromatic heterocycles. The van der Waals surface area contributed by atoms with Gasteiger partial charge >= 0.3 is 5.97 Å². The van der Waals surface area contributed by atoms with Crippen molar-refractivity contribution in [3.05, 3.63) is 35.4 Å². The number of carbonyl (C=O) groups is 1. The Hall–Kier alpha value is -1.31. The lowest BCUT2D eigenvalue weighted by Crippen LogP contribution is -2.32. The van der Waals surface area contributed by atoms with Gasteiger partial charge in [0.15, 0.2) is 0 Å². The van der Waals surface area contributed by atoms with Crippen molar-refractivity contribution >= 4 is 5.97 Å². The highest BCUT2D eigenvalue weighted by atomic mass is 16.5. The van der Waals surface area contributed by atoms with Gasteiger partial charge < -0.3 is 4.74 Å². The molecule has 1 aromatic carbocycles. The van der Waals surface area contributed by atoms with E-state index >= 15 is 0 Å². The summed E-state index contributed by atoms with van der Waals surface area (Å²) >= 11 is 0. The van der Waals surface area contributed by atoms with Crippen LogP contribution in [0, 0.1) is 11.8 Å². The fraction of sp³-hybridized carbons (Fsp3) is 0.632. The lowest BCUT2D eigenvalue weighted by molar-refractivity contribution is -0.150. The first-order chi connectivity index (χ1) is 9.82. The van der Waals surface area contributed by atoms with E-state index in [0.29, 0.717) is 18.4 Å². The monoisotopic (exact) mass is 288 g/mol. The standard InChI is InChI=1S/C19H28O2/c1-6-21-18(20)13(2)15-11-16(12-15)14-7-9-17(10-8-14)19(3,4)5/h7-10,13,15-16H,6,11-12H2,1-5H3. The lowest BCUT2D eigenvalue weighted by Gasteiger charge is -2.38. The van der Waals surface area contributed by atoms with E-state index in [2.05, 4.69) is 45.0 Å². The third-order valence-electron chi connectivity index (χ3n) is 4.79. The molecule has 0 N–H and O–H groups in total. The zero-order valence-corrected chi connectivity index (χ0v) is 14.0. The second-order valence-electron chi connectivity index (χ2n) is 7.34. The first kappa shape index (κ1) is 16.1. The highest BCUT2D eigenvalue weighted by molar-refractivity contribution is 5.72. The maximum absolute atomic E-state index is 11.8. The number of benzene rings is 1. The van der Waals surface area contributed by atoms with Crippen molar-refractivity contribution in [1.29, 1.82) is 0 Å². The number of rotatable bonds is 4. The molecule has 0 aliphatic heterocycles. The first-order valence-corrected chi connectivity index (χ1v) is 8.10. The molecular formula is C19H28O2. The smallest absolute Gasteiger partial charge is 0.308 e. The van der Waals surface area contributed by atoms with Crippen LogP contribution in [0.4, 0.5) is 0 Å². The molecule has 1 aromatic rings. The fourth-order valence-corrected chi connectivity index (χ4v) is 3.06. The largest absolute Gasteiger partial charge is 0.466 e. The van der Waals surface area contributed by atoms with E-state index in [1.807, 2.05) is 13.8 Å². The van der Waals surface area contributed by atoms with Crippen molar-refractivity contribution < 1.29 is 9.53 Å². The molecule has 1 fully saturated rings. The molecule has 1 unspecified atom stereocenters. The summed E-state index contributed by atoms with van der Waals surface area (Å²) in [6.07, 6.45) is 2.21. The predicted molar refractivity (Wildman–Crippen MR) is 86.4 cm³/mol. The number of esters is 1. The summed E-state index contributed by atoms with van der Waals surface area (Å²) in [6.45, 7) is 11.1. The molecular weight excluding hydrogens is 260 g/mol. The first-order valence-electron chi connectivity index (χ1n) is 8.10. The molecule has 0 spiro atoms. The lowest BCUT2D eigenvalue weighted by atomic mass is 9.66. The molecule has 0 saturated heterocycles. The summed E-state index contributed by atoms with van der Waals surface area (Å²) in [7, 11) is 0. The van der Waals surface area contributed by atoms with Crippen molar-refractivity contribution in [2.75, 3.05) is 6.61 Å². The summed E-state index contributed by atoms with van der Waals surface area (Å²) in [5.74, 6) is 1.09. The quantitative estimate of drug-likeness (QED) is 0.752. The maximum atomic E-state index is 11.8. The Morgan fingerprint density at radius 2 is 1.81 bits per heavy atom. The van der Waals surface area contributed by atoms with Crippen LogP contribution < -0.4 is 0 Å². The van der Waals surface area contributed by atoms with Gasteiger partial charge in [-0.2, -0.15) is 0 Å². The molecule has 1 atom stereocenters. The second kappa shape index (κ2) is 6.21. The van der Waals surface area contributed by atoms with Crippen LogP contribution in [0.2, 0.25) is 0 Å². The Morgan fingerprint density at radius 3 is 2.29 bits per heavy atom. The third-order valence-corrected chi connectivity index (χ3v) is 4.79. The average molecular weight is 288 g/mol. The van der Waals surface area contributed by atoms with Gasteiger partial charge in [-0.15, -0.1) is 0 Å². The Kier molecular flexibility index (Phi) is 4.75. The van der Waals surface area contributed by atoms with Crippen LogP contribution in [0.15, 0.2) is 24.3 Å². The van der Waals surface area contributed by atoms with E-state index in [0.717, 1.165) is 12.8 Å². The molecule has 21 heavy (non-hydrogen) atoms. The highest BCUT2D eigenvalue weighted by Crippen LogP contribution is 2.45. The van der Waals surface area contributed by atoms with Gasteiger partial charge in [-0.05, 0) is 48.1 Å². The number of ether oxygens (including phenoxy) is 1. The molecule has 0 heterocycles. The van der Waals surface area contributed by atoms with E-state index in [1.165, 1.54) is 11.1 Å². The van der Waals surface area contributed by atoms with Crippen molar-refractivity contribution in [2.24, 2.45) is 11.8 Å². The van der Waals surface area contributed by atoms with Crippen molar-refractivity contribution in [1.82, 2.24) is 0 Å². The van der Waals surface area contributed by atoms with Gasteiger partial charge in [0.1, 0.15) is 0 Å². The fourth-order valence-electron chi connectivity index (χ4n) is 3.06. The van der Waals surface area contributed by atoms with E-state index in [1.54, 1.807) is 0 Å². The minimum Gasteiger partial charge on any atom is -0.466 e. The summed E-state index contributed by atoms with van der Waals surface area (Å²) < 4.78 is 5.12. The van der Waals surface area contributed by atoms with Crippen LogP contribution in [-0.4, -0.2) is 12.6 Å². The maximum Gasteiger partial charge on any atom is 0.308 e. The second-order valence-corrected chi connectivity index (χ2v) is 7.34. The molecule has 1 aliphatic carbocycles. The summed E-state index contributed by atoms with van der Waals surface area (Å²) in [5, 5.41) is 0. The zero-order chi connectivity index (χ0) is 15.6. The Labute approximate surface area is 128 Å². The molecule has 0 radical (unpaired) electrons. The van der Waals surface area contributed by atoms with E-state index in [4.69, 9.17) is 4.74 Å². The Morgan fingerprint density at radius 1 is 1.24 bits per heavy atom. The van der Waals surface area contributed by atoms with E-state index in [-0.39, 0.29) is 17.3 Å². The summed E-state index contributed by atoms with van der Waals surface area (Å²) in [4.78, 5) is 11.8. The molecule has 116 valence electrons. The van der Waals surface area contributed by atoms with E-state index in [9.17, 15) is 4.79 Å². The van der Waals surface area contributed by atoms with Crippen molar-refractivity contribution in [2.45, 2.75) is 58.8 Å². The van der Waals surface area contributed by atoms with Crippen molar-refractivity contribution in [3.63, 3.8) is 0 Å².